The number of rotatable bonds is 6. The maximum absolute atomic E-state index is 13.1. The maximum atomic E-state index is 13.1. The van der Waals surface area contributed by atoms with Crippen LogP contribution in [0.4, 0.5) is 18.9 Å². The van der Waals surface area contributed by atoms with Gasteiger partial charge in [0.2, 0.25) is 11.8 Å². The topological polar surface area (TPSA) is 68.0 Å². The summed E-state index contributed by atoms with van der Waals surface area (Å²) >= 11 is 1.09. The van der Waals surface area contributed by atoms with Crippen molar-refractivity contribution in [3.8, 4) is 0 Å². The number of hydrogen-bond donors (Lipinski definition) is 1. The molecule has 1 unspecified atom stereocenters. The minimum Gasteiger partial charge on any atom is -0.416 e. The molecule has 2 aromatic carbocycles. The summed E-state index contributed by atoms with van der Waals surface area (Å²) in [5.41, 5.74) is -0.0765. The number of amides is 1. The van der Waals surface area contributed by atoms with Gasteiger partial charge in [-0.05, 0) is 48.4 Å². The first-order valence-corrected chi connectivity index (χ1v) is 11.3. The molecule has 0 radical (unpaired) electrons. The van der Waals surface area contributed by atoms with Crippen LogP contribution in [-0.4, -0.2) is 16.1 Å². The fraction of sp³-hybridized carbons (Fsp3) is 0.348. The van der Waals surface area contributed by atoms with Gasteiger partial charge in [-0.2, -0.15) is 13.2 Å². The molecule has 1 amide bonds. The molecule has 1 aromatic heterocycles. The second-order valence-corrected chi connectivity index (χ2v) is 8.77. The van der Waals surface area contributed by atoms with E-state index in [9.17, 15) is 18.0 Å². The summed E-state index contributed by atoms with van der Waals surface area (Å²) in [7, 11) is 0. The van der Waals surface area contributed by atoms with Crippen LogP contribution in [0.5, 0.6) is 0 Å². The third-order valence-corrected chi connectivity index (χ3v) is 6.48. The van der Waals surface area contributed by atoms with E-state index < -0.39 is 22.9 Å². The molecule has 3 aromatic rings. The van der Waals surface area contributed by atoms with Crippen molar-refractivity contribution in [3.05, 3.63) is 71.6 Å². The third-order valence-electron chi connectivity index (χ3n) is 5.39. The zero-order chi connectivity index (χ0) is 22.6. The average Bonchev–Trinajstić information content (AvgIpc) is 3.27. The molecule has 1 saturated carbocycles. The molecular formula is C23H22F3N3O2S. The number of nitrogens with one attached hydrogen (secondary N) is 1. The van der Waals surface area contributed by atoms with Crippen molar-refractivity contribution in [1.29, 1.82) is 0 Å². The van der Waals surface area contributed by atoms with Crippen LogP contribution in [0.2, 0.25) is 0 Å². The highest BCUT2D eigenvalue weighted by Crippen LogP contribution is 2.38. The number of carbonyl (C=O) groups excluding carboxylic acids is 1. The Morgan fingerprint density at radius 3 is 2.50 bits per heavy atom. The second-order valence-electron chi connectivity index (χ2n) is 7.72. The third kappa shape index (κ3) is 5.51. The largest absolute Gasteiger partial charge is 0.416 e. The molecule has 0 aliphatic heterocycles. The molecule has 1 aliphatic carbocycles. The van der Waals surface area contributed by atoms with Gasteiger partial charge in [0.15, 0.2) is 0 Å². The predicted octanol–water partition coefficient (Wildman–Crippen LogP) is 6.61. The highest BCUT2D eigenvalue weighted by Gasteiger charge is 2.31. The normalized spacial score (nSPS) is 16.0. The van der Waals surface area contributed by atoms with Crippen molar-refractivity contribution < 1.29 is 22.4 Å². The number of alkyl halides is 3. The van der Waals surface area contributed by atoms with E-state index in [0.717, 1.165) is 49.6 Å². The molecule has 168 valence electrons. The van der Waals surface area contributed by atoms with Crippen LogP contribution >= 0.6 is 11.8 Å². The number of benzene rings is 2. The smallest absolute Gasteiger partial charge is 0.416 e. The molecular weight excluding hydrogens is 439 g/mol. The second kappa shape index (κ2) is 9.77. The Bertz CT molecular complexity index is 1050. The molecule has 1 heterocycles. The lowest BCUT2D eigenvalue weighted by atomic mass is 9.89. The first-order chi connectivity index (χ1) is 15.4. The van der Waals surface area contributed by atoms with E-state index in [4.69, 9.17) is 4.42 Å². The maximum Gasteiger partial charge on any atom is 0.416 e. The van der Waals surface area contributed by atoms with Crippen molar-refractivity contribution >= 4 is 23.4 Å². The molecule has 1 aliphatic rings. The highest BCUT2D eigenvalue weighted by molar-refractivity contribution is 8.00. The number of carbonyl (C=O) groups is 1. The van der Waals surface area contributed by atoms with E-state index in [0.29, 0.717) is 11.5 Å². The summed E-state index contributed by atoms with van der Waals surface area (Å²) in [6.07, 6.45) is 0.976. The van der Waals surface area contributed by atoms with Crippen LogP contribution in [-0.2, 0) is 11.0 Å². The van der Waals surface area contributed by atoms with Crippen LogP contribution in [0.25, 0.3) is 0 Å². The summed E-state index contributed by atoms with van der Waals surface area (Å²) in [6, 6.07) is 13.5. The molecule has 32 heavy (non-hydrogen) atoms. The number of thioether (sulfide) groups is 1. The Morgan fingerprint density at radius 1 is 1.03 bits per heavy atom. The van der Waals surface area contributed by atoms with Gasteiger partial charge in [0.1, 0.15) is 5.25 Å². The van der Waals surface area contributed by atoms with Crippen LogP contribution < -0.4 is 5.32 Å². The number of aromatic nitrogens is 2. The van der Waals surface area contributed by atoms with Crippen LogP contribution in [0.3, 0.4) is 0 Å². The number of nitrogens with zero attached hydrogens (tertiary/aromatic N) is 2. The van der Waals surface area contributed by atoms with Gasteiger partial charge in [0, 0.05) is 11.6 Å². The molecule has 0 bridgehead atoms. The summed E-state index contributed by atoms with van der Waals surface area (Å²) in [5, 5.41) is 10.4. The van der Waals surface area contributed by atoms with E-state index in [-0.39, 0.29) is 16.8 Å². The number of halogens is 3. The van der Waals surface area contributed by atoms with Crippen molar-refractivity contribution in [1.82, 2.24) is 10.2 Å². The first kappa shape index (κ1) is 22.4. The van der Waals surface area contributed by atoms with Gasteiger partial charge in [0.25, 0.3) is 5.22 Å². The summed E-state index contributed by atoms with van der Waals surface area (Å²) in [4.78, 5) is 13.1. The van der Waals surface area contributed by atoms with Gasteiger partial charge >= 0.3 is 6.18 Å². The zero-order valence-corrected chi connectivity index (χ0v) is 18.0. The molecule has 1 fully saturated rings. The lowest BCUT2D eigenvalue weighted by molar-refractivity contribution is -0.137. The van der Waals surface area contributed by atoms with Gasteiger partial charge in [-0.15, -0.1) is 10.2 Å². The van der Waals surface area contributed by atoms with E-state index in [1.165, 1.54) is 18.6 Å². The van der Waals surface area contributed by atoms with E-state index in [1.54, 1.807) is 24.3 Å². The van der Waals surface area contributed by atoms with Gasteiger partial charge in [0.05, 0.1) is 5.56 Å². The predicted molar refractivity (Wildman–Crippen MR) is 115 cm³/mol. The average molecular weight is 462 g/mol. The van der Waals surface area contributed by atoms with E-state index in [1.807, 2.05) is 6.07 Å². The summed E-state index contributed by atoms with van der Waals surface area (Å²) in [5.74, 6) is 0.343. The fourth-order valence-electron chi connectivity index (χ4n) is 3.77. The number of anilines is 1. The molecule has 1 atom stereocenters. The Labute approximate surface area is 187 Å². The van der Waals surface area contributed by atoms with Gasteiger partial charge in [-0.25, -0.2) is 0 Å². The van der Waals surface area contributed by atoms with Gasteiger partial charge in [-0.3, -0.25) is 4.79 Å². The van der Waals surface area contributed by atoms with E-state index in [2.05, 4.69) is 15.5 Å². The van der Waals surface area contributed by atoms with Crippen molar-refractivity contribution in [3.63, 3.8) is 0 Å². The van der Waals surface area contributed by atoms with Crippen LogP contribution in [0, 0.1) is 0 Å². The highest BCUT2D eigenvalue weighted by atomic mass is 32.2. The lowest BCUT2D eigenvalue weighted by Crippen LogP contribution is -2.19. The van der Waals surface area contributed by atoms with Crippen molar-refractivity contribution in [2.75, 3.05) is 5.32 Å². The molecule has 0 saturated heterocycles. The minimum absolute atomic E-state index is 0.0692. The van der Waals surface area contributed by atoms with Crippen molar-refractivity contribution in [2.24, 2.45) is 0 Å². The van der Waals surface area contributed by atoms with Gasteiger partial charge in [-0.1, -0.05) is 55.7 Å². The quantitative estimate of drug-likeness (QED) is 0.419. The molecule has 0 spiro atoms. The Morgan fingerprint density at radius 2 is 1.78 bits per heavy atom. The van der Waals surface area contributed by atoms with Crippen molar-refractivity contribution in [2.45, 2.75) is 54.7 Å². The summed E-state index contributed by atoms with van der Waals surface area (Å²) in [6.45, 7) is 0. The molecule has 9 heteroatoms. The zero-order valence-electron chi connectivity index (χ0n) is 17.1. The monoisotopic (exact) mass is 461 g/mol. The number of hydrogen-bond acceptors (Lipinski definition) is 5. The van der Waals surface area contributed by atoms with Crippen LogP contribution in [0.15, 0.2) is 64.2 Å². The summed E-state index contributed by atoms with van der Waals surface area (Å²) < 4.78 is 44.9. The molecule has 5 nitrogen and oxygen atoms in total. The lowest BCUT2D eigenvalue weighted by Gasteiger charge is -2.17. The first-order valence-electron chi connectivity index (χ1n) is 10.4. The SMILES string of the molecule is O=C(Nc1cccc(C(F)(F)F)c1)C(Sc1nnc(C2CCCCC2)o1)c1ccccc1. The Hall–Kier alpha value is -2.81. The molecule has 1 N–H and O–H groups in total. The minimum atomic E-state index is -4.49. The van der Waals surface area contributed by atoms with Crippen LogP contribution in [0.1, 0.15) is 60.3 Å². The Kier molecular flexibility index (Phi) is 6.83. The fourth-order valence-corrected chi connectivity index (χ4v) is 4.65. The van der Waals surface area contributed by atoms with Gasteiger partial charge < -0.3 is 9.73 Å². The standard InChI is InChI=1S/C23H22F3N3O2S/c24-23(25,26)17-12-7-13-18(14-17)27-20(30)19(15-8-3-1-4-9-15)32-22-29-28-21(31-22)16-10-5-2-6-11-16/h1,3-4,7-9,12-14,16,19H,2,5-6,10-11H2,(H,27,30). The molecule has 4 rings (SSSR count). The Balaban J connectivity index is 1.54. The van der Waals surface area contributed by atoms with E-state index >= 15 is 0 Å².